The molecule has 56 heavy (non-hydrogen) atoms. The smallest absolute Gasteiger partial charge is 0.306 e. The second-order valence-corrected chi connectivity index (χ2v) is 18.3. The lowest BCUT2D eigenvalue weighted by Gasteiger charge is -2.18. The minimum absolute atomic E-state index is 0.0667. The van der Waals surface area contributed by atoms with Crippen LogP contribution in [0.2, 0.25) is 0 Å². The summed E-state index contributed by atoms with van der Waals surface area (Å²) in [7, 11) is 0. The second-order valence-electron chi connectivity index (χ2n) is 18.3. The zero-order valence-corrected chi connectivity index (χ0v) is 38.4. The predicted octanol–water partition coefficient (Wildman–Crippen LogP) is 15.6. The molecule has 0 aliphatic rings. The summed E-state index contributed by atoms with van der Waals surface area (Å²) in [5.74, 6) is 1.56. The van der Waals surface area contributed by atoms with Crippen LogP contribution in [0.25, 0.3) is 0 Å². The van der Waals surface area contributed by atoms with Crippen LogP contribution < -0.4 is 0 Å². The summed E-state index contributed by atoms with van der Waals surface area (Å²) >= 11 is 0. The van der Waals surface area contributed by atoms with Gasteiger partial charge in [0.25, 0.3) is 0 Å². The van der Waals surface area contributed by atoms with Crippen molar-refractivity contribution in [3.05, 3.63) is 0 Å². The number of carbonyl (C=O) groups is 3. The Bertz CT molecular complexity index is 870. The summed E-state index contributed by atoms with van der Waals surface area (Å²) in [4.78, 5) is 37.7. The number of ether oxygens (including phenoxy) is 3. The Morgan fingerprint density at radius 1 is 0.357 bits per heavy atom. The van der Waals surface area contributed by atoms with Crippen LogP contribution in [0.4, 0.5) is 0 Å². The van der Waals surface area contributed by atoms with Gasteiger partial charge in [-0.15, -0.1) is 0 Å². The molecule has 0 aromatic carbocycles. The summed E-state index contributed by atoms with van der Waals surface area (Å²) in [5, 5.41) is 0. The fourth-order valence-electron chi connectivity index (χ4n) is 7.38. The maximum Gasteiger partial charge on any atom is 0.306 e. The third-order valence-electron chi connectivity index (χ3n) is 11.5. The van der Waals surface area contributed by atoms with Gasteiger partial charge in [0.05, 0.1) is 0 Å². The molecule has 0 radical (unpaired) electrons. The Morgan fingerprint density at radius 2 is 0.625 bits per heavy atom. The standard InChI is InChI=1S/C50H96O6/c1-7-46(6)38-32-26-21-23-28-34-40-49(52)55-43-47(56-50(53)41-35-29-22-20-25-31-37-45(4)5)42-54-48(51)39-33-27-19-17-15-13-11-9-8-10-12-14-16-18-24-30-36-44(2)3/h44-47H,7-43H2,1-6H3/t46?,47-/m0/s1. The molecule has 2 atom stereocenters. The molecule has 6 nitrogen and oxygen atoms in total. The van der Waals surface area contributed by atoms with Gasteiger partial charge in [0.15, 0.2) is 6.10 Å². The zero-order chi connectivity index (χ0) is 41.3. The molecular formula is C50H96O6. The fraction of sp³-hybridized carbons (Fsp3) is 0.940. The van der Waals surface area contributed by atoms with E-state index in [0.717, 1.165) is 75.5 Å². The van der Waals surface area contributed by atoms with Crippen LogP contribution in [0.3, 0.4) is 0 Å². The van der Waals surface area contributed by atoms with Crippen molar-refractivity contribution in [3.63, 3.8) is 0 Å². The summed E-state index contributed by atoms with van der Waals surface area (Å²) in [6, 6.07) is 0. The van der Waals surface area contributed by atoms with Crippen LogP contribution >= 0.6 is 0 Å². The van der Waals surface area contributed by atoms with Crippen molar-refractivity contribution in [1.29, 1.82) is 0 Å². The van der Waals surface area contributed by atoms with Gasteiger partial charge in [-0.25, -0.2) is 0 Å². The van der Waals surface area contributed by atoms with Crippen molar-refractivity contribution in [3.8, 4) is 0 Å². The first-order chi connectivity index (χ1) is 27.1. The molecule has 0 heterocycles. The number of carbonyl (C=O) groups excluding carboxylic acids is 3. The first kappa shape index (κ1) is 54.4. The highest BCUT2D eigenvalue weighted by Gasteiger charge is 2.19. The topological polar surface area (TPSA) is 78.9 Å². The van der Waals surface area contributed by atoms with Gasteiger partial charge in [0.1, 0.15) is 13.2 Å². The van der Waals surface area contributed by atoms with Crippen LogP contribution in [0.1, 0.15) is 266 Å². The number of unbranched alkanes of at least 4 members (excludes halogenated alkanes) is 25. The van der Waals surface area contributed by atoms with E-state index in [1.807, 2.05) is 0 Å². The molecule has 0 bridgehead atoms. The molecule has 0 aromatic rings. The molecule has 0 amide bonds. The van der Waals surface area contributed by atoms with E-state index in [2.05, 4.69) is 41.5 Å². The van der Waals surface area contributed by atoms with E-state index in [-0.39, 0.29) is 31.1 Å². The molecule has 0 N–H and O–H groups in total. The van der Waals surface area contributed by atoms with E-state index < -0.39 is 6.10 Å². The zero-order valence-electron chi connectivity index (χ0n) is 38.4. The molecule has 0 spiro atoms. The van der Waals surface area contributed by atoms with Gasteiger partial charge in [0.2, 0.25) is 0 Å². The van der Waals surface area contributed by atoms with E-state index in [1.54, 1.807) is 0 Å². The Hall–Kier alpha value is -1.59. The maximum absolute atomic E-state index is 12.7. The van der Waals surface area contributed by atoms with Gasteiger partial charge in [-0.1, -0.05) is 228 Å². The molecule has 1 unspecified atom stereocenters. The normalized spacial score (nSPS) is 12.6. The monoisotopic (exact) mass is 793 g/mol. The van der Waals surface area contributed by atoms with Crippen molar-refractivity contribution in [2.45, 2.75) is 272 Å². The molecule has 0 aromatic heterocycles. The third-order valence-corrected chi connectivity index (χ3v) is 11.5. The van der Waals surface area contributed by atoms with Crippen molar-refractivity contribution in [1.82, 2.24) is 0 Å². The highest BCUT2D eigenvalue weighted by atomic mass is 16.6. The third kappa shape index (κ3) is 42.0. The number of hydrogen-bond donors (Lipinski definition) is 0. The minimum atomic E-state index is -0.763. The van der Waals surface area contributed by atoms with E-state index in [1.165, 1.54) is 148 Å². The highest BCUT2D eigenvalue weighted by Crippen LogP contribution is 2.18. The van der Waals surface area contributed by atoms with Crippen LogP contribution in [-0.4, -0.2) is 37.2 Å². The van der Waals surface area contributed by atoms with Crippen LogP contribution in [-0.2, 0) is 28.6 Å². The van der Waals surface area contributed by atoms with E-state index in [4.69, 9.17) is 14.2 Å². The molecular weight excluding hydrogens is 697 g/mol. The van der Waals surface area contributed by atoms with Gasteiger partial charge >= 0.3 is 17.9 Å². The largest absolute Gasteiger partial charge is 0.462 e. The lowest BCUT2D eigenvalue weighted by molar-refractivity contribution is -0.167. The second kappa shape index (κ2) is 41.6. The van der Waals surface area contributed by atoms with Crippen molar-refractivity contribution in [2.24, 2.45) is 17.8 Å². The number of esters is 3. The maximum atomic E-state index is 12.7. The van der Waals surface area contributed by atoms with Gasteiger partial charge in [0, 0.05) is 19.3 Å². The summed E-state index contributed by atoms with van der Waals surface area (Å²) in [5.41, 5.74) is 0. The molecule has 0 aliphatic heterocycles. The molecule has 0 fully saturated rings. The Kier molecular flexibility index (Phi) is 40.4. The highest BCUT2D eigenvalue weighted by molar-refractivity contribution is 5.71. The minimum Gasteiger partial charge on any atom is -0.462 e. The van der Waals surface area contributed by atoms with Crippen LogP contribution in [0, 0.1) is 17.8 Å². The average molecular weight is 793 g/mol. The fourth-order valence-corrected chi connectivity index (χ4v) is 7.38. The quantitative estimate of drug-likeness (QED) is 0.0348. The summed E-state index contributed by atoms with van der Waals surface area (Å²) in [6.07, 6.45) is 39.7. The average Bonchev–Trinajstić information content (AvgIpc) is 3.16. The van der Waals surface area contributed by atoms with E-state index in [0.29, 0.717) is 19.3 Å². The van der Waals surface area contributed by atoms with Gasteiger partial charge in [-0.05, 0) is 37.0 Å². The molecule has 0 rings (SSSR count). The van der Waals surface area contributed by atoms with E-state index in [9.17, 15) is 14.4 Å². The van der Waals surface area contributed by atoms with Crippen LogP contribution in [0.5, 0.6) is 0 Å². The molecule has 332 valence electrons. The van der Waals surface area contributed by atoms with Crippen molar-refractivity contribution < 1.29 is 28.6 Å². The number of rotatable bonds is 43. The molecule has 0 saturated carbocycles. The lowest BCUT2D eigenvalue weighted by Crippen LogP contribution is -2.30. The lowest BCUT2D eigenvalue weighted by atomic mass is 10.00. The van der Waals surface area contributed by atoms with Crippen LogP contribution in [0.15, 0.2) is 0 Å². The first-order valence-electron chi connectivity index (χ1n) is 24.6. The van der Waals surface area contributed by atoms with Crippen molar-refractivity contribution >= 4 is 17.9 Å². The summed E-state index contributed by atoms with van der Waals surface area (Å²) in [6.45, 7) is 13.6. The Morgan fingerprint density at radius 3 is 0.929 bits per heavy atom. The van der Waals surface area contributed by atoms with Crippen molar-refractivity contribution in [2.75, 3.05) is 13.2 Å². The Balaban J connectivity index is 4.21. The first-order valence-corrected chi connectivity index (χ1v) is 24.6. The Labute approximate surface area is 348 Å². The van der Waals surface area contributed by atoms with Gasteiger partial charge in [-0.2, -0.15) is 0 Å². The molecule has 6 heteroatoms. The molecule has 0 saturated heterocycles. The summed E-state index contributed by atoms with van der Waals surface area (Å²) < 4.78 is 16.7. The predicted molar refractivity (Wildman–Crippen MR) is 238 cm³/mol. The van der Waals surface area contributed by atoms with E-state index >= 15 is 0 Å². The number of hydrogen-bond acceptors (Lipinski definition) is 6. The SMILES string of the molecule is CCC(C)CCCCCCCCC(=O)OC[C@H](COC(=O)CCCCCCCCCCCCCCCCCCC(C)C)OC(=O)CCCCCCCCC(C)C. The molecule has 0 aliphatic carbocycles. The van der Waals surface area contributed by atoms with Gasteiger partial charge < -0.3 is 14.2 Å². The van der Waals surface area contributed by atoms with Gasteiger partial charge in [-0.3, -0.25) is 14.4 Å².